The molecule has 5 nitrogen and oxygen atoms in total. The van der Waals surface area contributed by atoms with Gasteiger partial charge in [0.15, 0.2) is 0 Å². The molecule has 0 aromatic heterocycles. The first kappa shape index (κ1) is 19.6. The van der Waals surface area contributed by atoms with Crippen molar-refractivity contribution >= 4 is 16.0 Å². The maximum absolute atomic E-state index is 12.4. The van der Waals surface area contributed by atoms with E-state index in [1.807, 2.05) is 12.1 Å². The van der Waals surface area contributed by atoms with Gasteiger partial charge in [0.2, 0.25) is 10.0 Å². The van der Waals surface area contributed by atoms with Crippen LogP contribution in [0.5, 0.6) is 0 Å². The molecule has 1 N–H and O–H groups in total. The highest BCUT2D eigenvalue weighted by atomic mass is 32.2. The Bertz CT molecular complexity index is 594. The first-order chi connectivity index (χ1) is 10.8. The quantitative estimate of drug-likeness (QED) is 0.554. The average molecular weight is 341 g/mol. The summed E-state index contributed by atoms with van der Waals surface area (Å²) < 4.78 is 31.9. The van der Waals surface area contributed by atoms with Gasteiger partial charge in [-0.1, -0.05) is 45.7 Å². The van der Waals surface area contributed by atoms with Gasteiger partial charge in [0, 0.05) is 0 Å². The molecular formula is C17H27NO4S. The summed E-state index contributed by atoms with van der Waals surface area (Å²) in [4.78, 5) is 11.9. The number of nitrogens with one attached hydrogen (secondary N) is 1. The van der Waals surface area contributed by atoms with Gasteiger partial charge in [-0.3, -0.25) is 4.79 Å². The van der Waals surface area contributed by atoms with Crippen LogP contribution in [0.15, 0.2) is 29.2 Å². The molecule has 1 rings (SSSR count). The van der Waals surface area contributed by atoms with Crippen LogP contribution in [0.2, 0.25) is 0 Å². The number of aryl methyl sites for hydroxylation is 1. The second kappa shape index (κ2) is 9.03. The topological polar surface area (TPSA) is 72.5 Å². The number of unbranched alkanes of at least 4 members (excludes halogenated alkanes) is 2. The van der Waals surface area contributed by atoms with Gasteiger partial charge in [-0.15, -0.1) is 0 Å². The Hall–Kier alpha value is -1.40. The third-order valence-corrected chi connectivity index (χ3v) is 5.16. The molecule has 0 heterocycles. The molecule has 0 aliphatic carbocycles. The van der Waals surface area contributed by atoms with E-state index < -0.39 is 22.0 Å². The molecule has 0 aliphatic heterocycles. The van der Waals surface area contributed by atoms with Crippen molar-refractivity contribution in [1.82, 2.24) is 4.72 Å². The Morgan fingerprint density at radius 3 is 2.26 bits per heavy atom. The fraction of sp³-hybridized carbons (Fsp3) is 0.588. The van der Waals surface area contributed by atoms with Crippen molar-refractivity contribution in [3.05, 3.63) is 29.8 Å². The highest BCUT2D eigenvalue weighted by Gasteiger charge is 2.28. The summed E-state index contributed by atoms with van der Waals surface area (Å²) in [5, 5.41) is 0. The molecule has 0 saturated carbocycles. The molecule has 0 saturated heterocycles. The molecule has 23 heavy (non-hydrogen) atoms. The van der Waals surface area contributed by atoms with Crippen LogP contribution in [-0.2, 0) is 26.0 Å². The van der Waals surface area contributed by atoms with E-state index >= 15 is 0 Å². The Balaban J connectivity index is 2.84. The minimum atomic E-state index is -3.75. The van der Waals surface area contributed by atoms with Gasteiger partial charge in [0.05, 0.1) is 12.0 Å². The number of hydrogen-bond donors (Lipinski definition) is 1. The largest absolute Gasteiger partial charge is 0.468 e. The van der Waals surface area contributed by atoms with Crippen LogP contribution >= 0.6 is 0 Å². The number of carbonyl (C=O) groups is 1. The summed E-state index contributed by atoms with van der Waals surface area (Å²) in [7, 11) is -2.51. The number of methoxy groups -OCH3 is 1. The molecule has 0 spiro atoms. The Morgan fingerprint density at radius 2 is 1.78 bits per heavy atom. The zero-order chi connectivity index (χ0) is 17.5. The van der Waals surface area contributed by atoms with Gasteiger partial charge in [-0.05, 0) is 36.5 Å². The number of carbonyl (C=O) groups excluding carboxylic acids is 1. The van der Waals surface area contributed by atoms with E-state index in [1.54, 1.807) is 26.0 Å². The number of benzene rings is 1. The van der Waals surface area contributed by atoms with Gasteiger partial charge in [0.25, 0.3) is 0 Å². The molecule has 1 atom stereocenters. The third kappa shape index (κ3) is 5.95. The summed E-state index contributed by atoms with van der Waals surface area (Å²) >= 11 is 0. The maximum Gasteiger partial charge on any atom is 0.324 e. The van der Waals surface area contributed by atoms with Crippen molar-refractivity contribution in [2.45, 2.75) is 57.4 Å². The Kier molecular flexibility index (Phi) is 7.72. The highest BCUT2D eigenvalue weighted by molar-refractivity contribution is 7.89. The van der Waals surface area contributed by atoms with Crippen LogP contribution in [0, 0.1) is 5.92 Å². The summed E-state index contributed by atoms with van der Waals surface area (Å²) in [5.41, 5.74) is 1.12. The second-order valence-electron chi connectivity index (χ2n) is 5.97. The molecular weight excluding hydrogens is 314 g/mol. The van der Waals surface area contributed by atoms with Gasteiger partial charge < -0.3 is 4.74 Å². The number of esters is 1. The molecule has 6 heteroatoms. The summed E-state index contributed by atoms with van der Waals surface area (Å²) in [5.74, 6) is -0.787. The number of hydrogen-bond acceptors (Lipinski definition) is 4. The predicted octanol–water partition coefficient (Wildman–Crippen LogP) is 2.90. The van der Waals surface area contributed by atoms with Gasteiger partial charge in [0.1, 0.15) is 6.04 Å². The molecule has 1 aromatic carbocycles. The van der Waals surface area contributed by atoms with Crippen molar-refractivity contribution < 1.29 is 17.9 Å². The third-order valence-electron chi connectivity index (χ3n) is 3.71. The van der Waals surface area contributed by atoms with Crippen molar-refractivity contribution in [2.24, 2.45) is 5.92 Å². The predicted molar refractivity (Wildman–Crippen MR) is 90.6 cm³/mol. The molecule has 0 radical (unpaired) electrons. The van der Waals surface area contributed by atoms with Crippen molar-refractivity contribution in [3.63, 3.8) is 0 Å². The average Bonchev–Trinajstić information content (AvgIpc) is 2.52. The molecule has 0 fully saturated rings. The molecule has 0 bridgehead atoms. The lowest BCUT2D eigenvalue weighted by molar-refractivity contribution is -0.143. The lowest BCUT2D eigenvalue weighted by Crippen LogP contribution is -2.44. The summed E-state index contributed by atoms with van der Waals surface area (Å²) in [6.45, 7) is 5.68. The monoisotopic (exact) mass is 341 g/mol. The lowest BCUT2D eigenvalue weighted by atomic mass is 10.1. The van der Waals surface area contributed by atoms with E-state index in [4.69, 9.17) is 0 Å². The minimum Gasteiger partial charge on any atom is -0.468 e. The van der Waals surface area contributed by atoms with Crippen LogP contribution in [0.25, 0.3) is 0 Å². The number of ether oxygens (including phenoxy) is 1. The smallest absolute Gasteiger partial charge is 0.324 e. The van der Waals surface area contributed by atoms with E-state index in [0.29, 0.717) is 0 Å². The Labute approximate surface area is 139 Å². The zero-order valence-corrected chi connectivity index (χ0v) is 15.2. The standard InChI is InChI=1S/C17H27NO4S/c1-5-6-7-8-14-9-11-15(12-10-14)23(20,21)18-16(13(2)3)17(19)22-4/h9-13,16,18H,5-8H2,1-4H3. The highest BCUT2D eigenvalue weighted by Crippen LogP contribution is 2.15. The van der Waals surface area contributed by atoms with E-state index in [9.17, 15) is 13.2 Å². The van der Waals surface area contributed by atoms with Gasteiger partial charge >= 0.3 is 5.97 Å². The molecule has 1 aromatic rings. The van der Waals surface area contributed by atoms with Gasteiger partial charge in [-0.25, -0.2) is 8.42 Å². The van der Waals surface area contributed by atoms with E-state index in [1.165, 1.54) is 7.11 Å². The normalized spacial score (nSPS) is 13.1. The molecule has 0 amide bonds. The van der Waals surface area contributed by atoms with Crippen molar-refractivity contribution in [2.75, 3.05) is 7.11 Å². The van der Waals surface area contributed by atoms with Crippen molar-refractivity contribution in [1.29, 1.82) is 0 Å². The lowest BCUT2D eigenvalue weighted by Gasteiger charge is -2.19. The number of rotatable bonds is 9. The minimum absolute atomic E-state index is 0.159. The van der Waals surface area contributed by atoms with E-state index in [0.717, 1.165) is 31.2 Å². The number of sulfonamides is 1. The second-order valence-corrected chi connectivity index (χ2v) is 7.68. The van der Waals surface area contributed by atoms with Gasteiger partial charge in [-0.2, -0.15) is 4.72 Å². The zero-order valence-electron chi connectivity index (χ0n) is 14.3. The fourth-order valence-electron chi connectivity index (χ4n) is 2.23. The van der Waals surface area contributed by atoms with E-state index in [-0.39, 0.29) is 10.8 Å². The molecule has 0 aliphatic rings. The molecule has 1 unspecified atom stereocenters. The SMILES string of the molecule is CCCCCc1ccc(S(=O)(=O)NC(C(=O)OC)C(C)C)cc1. The van der Waals surface area contributed by atoms with E-state index in [2.05, 4.69) is 16.4 Å². The fourth-order valence-corrected chi connectivity index (χ4v) is 3.57. The van der Waals surface area contributed by atoms with Crippen LogP contribution in [0.4, 0.5) is 0 Å². The van der Waals surface area contributed by atoms with Crippen molar-refractivity contribution in [3.8, 4) is 0 Å². The summed E-state index contributed by atoms with van der Waals surface area (Å²) in [6.07, 6.45) is 4.36. The Morgan fingerprint density at radius 1 is 1.17 bits per heavy atom. The van der Waals surface area contributed by atoms with Crippen LogP contribution in [0.3, 0.4) is 0 Å². The van der Waals surface area contributed by atoms with Crippen LogP contribution < -0.4 is 4.72 Å². The first-order valence-corrected chi connectivity index (χ1v) is 9.49. The molecule has 130 valence electrons. The van der Waals surface area contributed by atoms with Crippen LogP contribution in [-0.4, -0.2) is 27.5 Å². The summed E-state index contributed by atoms with van der Waals surface area (Å²) in [6, 6.07) is 5.92. The first-order valence-electron chi connectivity index (χ1n) is 8.01. The van der Waals surface area contributed by atoms with Crippen LogP contribution in [0.1, 0.15) is 45.6 Å². The maximum atomic E-state index is 12.4.